The van der Waals surface area contributed by atoms with Gasteiger partial charge >= 0.3 is 0 Å². The van der Waals surface area contributed by atoms with Crippen LogP contribution in [-0.4, -0.2) is 34.8 Å². The molecule has 0 aromatic carbocycles. The highest BCUT2D eigenvalue weighted by atomic mass is 35.5. The second-order valence-electron chi connectivity index (χ2n) is 5.02. The predicted octanol–water partition coefficient (Wildman–Crippen LogP) is 2.36. The van der Waals surface area contributed by atoms with Gasteiger partial charge in [-0.3, -0.25) is 0 Å². The van der Waals surface area contributed by atoms with Crippen LogP contribution >= 0.6 is 11.6 Å². The number of hydrogen-bond donors (Lipinski definition) is 1. The average molecular weight is 270 g/mol. The molecule has 100 valence electrons. The highest BCUT2D eigenvalue weighted by Gasteiger charge is 2.24. The van der Waals surface area contributed by atoms with Crippen molar-refractivity contribution < 1.29 is 5.11 Å². The van der Waals surface area contributed by atoms with Gasteiger partial charge in [-0.15, -0.1) is 0 Å². The Kier molecular flexibility index (Phi) is 4.78. The van der Waals surface area contributed by atoms with E-state index in [1.54, 1.807) is 12.4 Å². The van der Waals surface area contributed by atoms with E-state index in [-0.39, 0.29) is 0 Å². The van der Waals surface area contributed by atoms with Crippen molar-refractivity contribution in [1.29, 1.82) is 0 Å². The summed E-state index contributed by atoms with van der Waals surface area (Å²) in [4.78, 5) is 10.7. The Labute approximate surface area is 113 Å². The van der Waals surface area contributed by atoms with Gasteiger partial charge in [-0.2, -0.15) is 0 Å². The summed E-state index contributed by atoms with van der Waals surface area (Å²) in [5.74, 6) is 2.08. The molecule has 2 heterocycles. The fraction of sp³-hybridized carbons (Fsp3) is 0.692. The predicted molar refractivity (Wildman–Crippen MR) is 72.8 cm³/mol. The summed E-state index contributed by atoms with van der Waals surface area (Å²) in [6, 6.07) is 0. The highest BCUT2D eigenvalue weighted by Crippen LogP contribution is 2.28. The third kappa shape index (κ3) is 3.33. The molecule has 1 aliphatic rings. The van der Waals surface area contributed by atoms with Crippen LogP contribution in [-0.2, 0) is 0 Å². The number of aliphatic hydroxyl groups is 1. The van der Waals surface area contributed by atoms with Crippen molar-refractivity contribution in [2.75, 3.05) is 24.6 Å². The molecule has 0 unspecified atom stereocenters. The van der Waals surface area contributed by atoms with E-state index in [0.29, 0.717) is 23.5 Å². The number of halogens is 1. The van der Waals surface area contributed by atoms with Crippen LogP contribution in [0.25, 0.3) is 0 Å². The summed E-state index contributed by atoms with van der Waals surface area (Å²) in [5.41, 5.74) is 0. The molecule has 1 N–H and O–H groups in total. The van der Waals surface area contributed by atoms with Gasteiger partial charge < -0.3 is 10.0 Å². The molecule has 1 aliphatic heterocycles. The molecule has 0 radical (unpaired) electrons. The normalized spacial score (nSPS) is 18.9. The Morgan fingerprint density at radius 1 is 1.39 bits per heavy atom. The van der Waals surface area contributed by atoms with Gasteiger partial charge in [0.15, 0.2) is 0 Å². The van der Waals surface area contributed by atoms with Gasteiger partial charge in [0.1, 0.15) is 0 Å². The minimum Gasteiger partial charge on any atom is -0.396 e. The first-order valence-corrected chi connectivity index (χ1v) is 6.92. The monoisotopic (exact) mass is 269 g/mol. The molecule has 2 rings (SSSR count). The second-order valence-corrected chi connectivity index (χ2v) is 5.45. The number of piperidine rings is 1. The average Bonchev–Trinajstić information content (AvgIpc) is 2.40. The lowest BCUT2D eigenvalue weighted by molar-refractivity contribution is 0.210. The van der Waals surface area contributed by atoms with E-state index in [9.17, 15) is 0 Å². The van der Waals surface area contributed by atoms with Gasteiger partial charge in [-0.1, -0.05) is 18.5 Å². The van der Waals surface area contributed by atoms with Crippen LogP contribution < -0.4 is 4.90 Å². The van der Waals surface area contributed by atoms with Gasteiger partial charge in [0.05, 0.1) is 17.4 Å². The minimum atomic E-state index is 0.293. The second kappa shape index (κ2) is 6.34. The van der Waals surface area contributed by atoms with E-state index in [1.165, 1.54) is 0 Å². The van der Waals surface area contributed by atoms with Crippen molar-refractivity contribution in [1.82, 2.24) is 9.97 Å². The van der Waals surface area contributed by atoms with E-state index >= 15 is 0 Å². The van der Waals surface area contributed by atoms with Crippen LogP contribution in [0.5, 0.6) is 0 Å². The third-order valence-corrected chi connectivity index (χ3v) is 4.01. The maximum absolute atomic E-state index is 8.98. The first-order valence-electron chi connectivity index (χ1n) is 6.54. The Morgan fingerprint density at radius 3 is 2.56 bits per heavy atom. The Balaban J connectivity index is 1.88. The number of rotatable bonds is 4. The van der Waals surface area contributed by atoms with E-state index in [1.807, 2.05) is 0 Å². The molecule has 0 saturated carbocycles. The molecule has 18 heavy (non-hydrogen) atoms. The van der Waals surface area contributed by atoms with Crippen molar-refractivity contribution in [2.45, 2.75) is 26.2 Å². The maximum Gasteiger partial charge on any atom is 0.225 e. The molecule has 1 saturated heterocycles. The number of aliphatic hydroxyl groups excluding tert-OH is 1. The smallest absolute Gasteiger partial charge is 0.225 e. The number of anilines is 1. The number of hydrogen-bond acceptors (Lipinski definition) is 4. The first-order chi connectivity index (χ1) is 8.70. The molecule has 0 aliphatic carbocycles. The fourth-order valence-corrected chi connectivity index (χ4v) is 2.67. The zero-order chi connectivity index (χ0) is 13.0. The molecule has 5 heteroatoms. The standard InChI is InChI=1S/C13H20ClN3O/c1-10(4-7-18)11-2-5-17(6-3-11)13-15-8-12(14)9-16-13/h8-11,18H,2-7H2,1H3/t10-/m1/s1. The summed E-state index contributed by atoms with van der Waals surface area (Å²) in [5, 5.41) is 9.55. The Bertz CT molecular complexity index is 363. The molecule has 0 bridgehead atoms. The summed E-state index contributed by atoms with van der Waals surface area (Å²) in [7, 11) is 0. The molecule has 0 amide bonds. The Hall–Kier alpha value is -0.870. The number of aromatic nitrogens is 2. The first kappa shape index (κ1) is 13.6. The van der Waals surface area contributed by atoms with Crippen molar-refractivity contribution in [3.63, 3.8) is 0 Å². The molecular formula is C13H20ClN3O. The number of nitrogens with zero attached hydrogens (tertiary/aromatic N) is 3. The van der Waals surface area contributed by atoms with Crippen LogP contribution in [0.4, 0.5) is 5.95 Å². The lowest BCUT2D eigenvalue weighted by Gasteiger charge is -2.34. The van der Waals surface area contributed by atoms with Gasteiger partial charge in [0, 0.05) is 19.7 Å². The zero-order valence-electron chi connectivity index (χ0n) is 10.7. The summed E-state index contributed by atoms with van der Waals surface area (Å²) >= 11 is 5.78. The van der Waals surface area contributed by atoms with Crippen molar-refractivity contribution >= 4 is 17.5 Å². The molecule has 1 fully saturated rings. The molecule has 0 spiro atoms. The summed E-state index contributed by atoms with van der Waals surface area (Å²) < 4.78 is 0. The SMILES string of the molecule is C[C@H](CCO)C1CCN(c2ncc(Cl)cn2)CC1. The maximum atomic E-state index is 8.98. The van der Waals surface area contributed by atoms with Crippen LogP contribution in [0.3, 0.4) is 0 Å². The Morgan fingerprint density at radius 2 is 2.00 bits per heavy atom. The third-order valence-electron chi connectivity index (χ3n) is 3.82. The highest BCUT2D eigenvalue weighted by molar-refractivity contribution is 6.30. The summed E-state index contributed by atoms with van der Waals surface area (Å²) in [6.07, 6.45) is 6.48. The molecule has 4 nitrogen and oxygen atoms in total. The van der Waals surface area contributed by atoms with Gasteiger partial charge in [-0.25, -0.2) is 9.97 Å². The van der Waals surface area contributed by atoms with Crippen molar-refractivity contribution in [3.05, 3.63) is 17.4 Å². The van der Waals surface area contributed by atoms with Crippen LogP contribution in [0, 0.1) is 11.8 Å². The van der Waals surface area contributed by atoms with Crippen LogP contribution in [0.2, 0.25) is 5.02 Å². The molecule has 1 aromatic heterocycles. The van der Waals surface area contributed by atoms with Gasteiger partial charge in [0.25, 0.3) is 0 Å². The van der Waals surface area contributed by atoms with Crippen molar-refractivity contribution in [2.24, 2.45) is 11.8 Å². The quantitative estimate of drug-likeness (QED) is 0.912. The van der Waals surface area contributed by atoms with Gasteiger partial charge in [-0.05, 0) is 31.1 Å². The van der Waals surface area contributed by atoms with E-state index in [2.05, 4.69) is 21.8 Å². The zero-order valence-corrected chi connectivity index (χ0v) is 11.5. The van der Waals surface area contributed by atoms with E-state index < -0.39 is 0 Å². The summed E-state index contributed by atoms with van der Waals surface area (Å²) in [6.45, 7) is 4.50. The van der Waals surface area contributed by atoms with Crippen molar-refractivity contribution in [3.8, 4) is 0 Å². The van der Waals surface area contributed by atoms with Crippen LogP contribution in [0.15, 0.2) is 12.4 Å². The van der Waals surface area contributed by atoms with E-state index in [4.69, 9.17) is 16.7 Å². The largest absolute Gasteiger partial charge is 0.396 e. The molecular weight excluding hydrogens is 250 g/mol. The molecule has 1 atom stereocenters. The van der Waals surface area contributed by atoms with Gasteiger partial charge in [0.2, 0.25) is 5.95 Å². The minimum absolute atomic E-state index is 0.293. The lowest BCUT2D eigenvalue weighted by atomic mass is 9.84. The lowest BCUT2D eigenvalue weighted by Crippen LogP contribution is -2.36. The topological polar surface area (TPSA) is 49.2 Å². The fourth-order valence-electron chi connectivity index (χ4n) is 2.58. The molecule has 1 aromatic rings. The van der Waals surface area contributed by atoms with E-state index in [0.717, 1.165) is 38.3 Å². The van der Waals surface area contributed by atoms with Crippen LogP contribution in [0.1, 0.15) is 26.2 Å².